The van der Waals surface area contributed by atoms with Gasteiger partial charge >= 0.3 is 0 Å². The van der Waals surface area contributed by atoms with E-state index >= 15 is 0 Å². The van der Waals surface area contributed by atoms with Crippen LogP contribution < -0.4 is 9.80 Å². The maximum absolute atomic E-state index is 10.6. The maximum Gasteiger partial charge on any atom is 0.127 e. The molecule has 0 amide bonds. The molecule has 2 aromatic carbocycles. The van der Waals surface area contributed by atoms with Gasteiger partial charge in [0, 0.05) is 0 Å². The van der Waals surface area contributed by atoms with Crippen molar-refractivity contribution < 1.29 is 24.7 Å². The van der Waals surface area contributed by atoms with Crippen LogP contribution in [0.3, 0.4) is 0 Å². The lowest BCUT2D eigenvalue weighted by Crippen LogP contribution is -3.28. The number of aliphatic hydroxyl groups excluding tert-OH is 2. The monoisotopic (exact) mass is 386 g/mol. The van der Waals surface area contributed by atoms with Crippen LogP contribution >= 0.6 is 0 Å². The second kappa shape index (κ2) is 10.7. The van der Waals surface area contributed by atoms with E-state index in [4.69, 9.17) is 9.84 Å². The zero-order valence-corrected chi connectivity index (χ0v) is 16.8. The molecule has 0 spiro atoms. The second-order valence-corrected chi connectivity index (χ2v) is 7.81. The van der Waals surface area contributed by atoms with E-state index in [1.54, 1.807) is 0 Å². The summed E-state index contributed by atoms with van der Waals surface area (Å²) in [5, 5.41) is 19.7. The molecule has 0 saturated carbocycles. The molecule has 2 aromatic rings. The first-order valence-corrected chi connectivity index (χ1v) is 10.4. The molecule has 0 bridgehead atoms. The lowest BCUT2D eigenvalue weighted by Gasteiger charge is -2.30. The Balaban J connectivity index is 1.57. The topological polar surface area (TPSA) is 58.6 Å². The van der Waals surface area contributed by atoms with Gasteiger partial charge in [-0.25, -0.2) is 0 Å². The van der Waals surface area contributed by atoms with Crippen molar-refractivity contribution in [2.45, 2.75) is 19.1 Å². The number of benzene rings is 2. The third-order valence-electron chi connectivity index (χ3n) is 5.68. The fraction of sp³-hybridized carbons (Fsp3) is 0.478. The Morgan fingerprint density at radius 3 is 2.25 bits per heavy atom. The molecule has 1 saturated heterocycles. The minimum atomic E-state index is -0.482. The Hall–Kier alpha value is -1.76. The van der Waals surface area contributed by atoms with Crippen molar-refractivity contribution in [1.82, 2.24) is 0 Å². The highest BCUT2D eigenvalue weighted by Gasteiger charge is 2.25. The summed E-state index contributed by atoms with van der Waals surface area (Å²) >= 11 is 0. The van der Waals surface area contributed by atoms with Crippen LogP contribution in [0.1, 0.15) is 22.8 Å². The zero-order valence-electron chi connectivity index (χ0n) is 16.8. The van der Waals surface area contributed by atoms with Crippen molar-refractivity contribution >= 4 is 0 Å². The van der Waals surface area contributed by atoms with Crippen molar-refractivity contribution in [2.75, 3.05) is 52.5 Å². The van der Waals surface area contributed by atoms with Crippen molar-refractivity contribution in [3.8, 4) is 0 Å². The van der Waals surface area contributed by atoms with Crippen molar-refractivity contribution in [2.24, 2.45) is 0 Å². The third kappa shape index (κ3) is 5.87. The van der Waals surface area contributed by atoms with Crippen LogP contribution in [-0.4, -0.2) is 68.8 Å². The van der Waals surface area contributed by atoms with Crippen LogP contribution in [0.2, 0.25) is 0 Å². The van der Waals surface area contributed by atoms with Gasteiger partial charge in [0.1, 0.15) is 51.5 Å². The van der Waals surface area contributed by atoms with Crippen LogP contribution in [0.25, 0.3) is 0 Å². The minimum absolute atomic E-state index is 0.169. The van der Waals surface area contributed by atoms with E-state index in [1.807, 2.05) is 30.3 Å². The molecule has 5 nitrogen and oxygen atoms in total. The van der Waals surface area contributed by atoms with E-state index in [0.29, 0.717) is 13.2 Å². The molecular weight excluding hydrogens is 352 g/mol. The first-order chi connectivity index (χ1) is 13.7. The predicted molar refractivity (Wildman–Crippen MR) is 110 cm³/mol. The Kier molecular flexibility index (Phi) is 8.01. The SMILES string of the molecule is Cc1ccccc1[C@@H](OC[C@@H](O)C[NH+]1CC[NH+](CCO)CC1)c1ccccc1. The van der Waals surface area contributed by atoms with Gasteiger partial charge in [0.25, 0.3) is 0 Å². The molecule has 0 unspecified atom stereocenters. The van der Waals surface area contributed by atoms with Gasteiger partial charge in [-0.1, -0.05) is 54.6 Å². The zero-order chi connectivity index (χ0) is 19.8. The maximum atomic E-state index is 10.6. The first kappa shape index (κ1) is 21.0. The molecule has 28 heavy (non-hydrogen) atoms. The Labute approximate surface area is 168 Å². The number of ether oxygens (including phenoxy) is 1. The number of quaternary nitrogens is 2. The summed E-state index contributed by atoms with van der Waals surface area (Å²) in [5.41, 5.74) is 3.45. The summed E-state index contributed by atoms with van der Waals surface area (Å²) in [5.74, 6) is 0. The van der Waals surface area contributed by atoms with Crippen molar-refractivity contribution in [1.29, 1.82) is 0 Å². The summed E-state index contributed by atoms with van der Waals surface area (Å²) in [7, 11) is 0. The van der Waals surface area contributed by atoms with E-state index in [0.717, 1.165) is 43.9 Å². The van der Waals surface area contributed by atoms with Gasteiger partial charge in [-0.15, -0.1) is 0 Å². The van der Waals surface area contributed by atoms with E-state index in [2.05, 4.69) is 31.2 Å². The van der Waals surface area contributed by atoms with E-state index < -0.39 is 6.10 Å². The Morgan fingerprint density at radius 2 is 1.57 bits per heavy atom. The summed E-state index contributed by atoms with van der Waals surface area (Å²) < 4.78 is 6.26. The molecule has 5 heteroatoms. The summed E-state index contributed by atoms with van der Waals surface area (Å²) in [6.45, 7) is 8.39. The Bertz CT molecular complexity index is 702. The molecule has 152 valence electrons. The minimum Gasteiger partial charge on any atom is -0.391 e. The molecular formula is C23H34N2O3+2. The first-order valence-electron chi connectivity index (χ1n) is 10.4. The second-order valence-electron chi connectivity index (χ2n) is 7.81. The standard InChI is InChI=1S/C23H32N2O3/c1-19-7-5-6-10-22(19)23(20-8-3-2-4-9-20)28-18-21(27)17-25-13-11-24(12-14-25)15-16-26/h2-10,21,23,26-27H,11-18H2,1H3/p+2/t21-,23-/m0/s1. The lowest BCUT2D eigenvalue weighted by atomic mass is 9.97. The molecule has 1 fully saturated rings. The number of piperazine rings is 1. The summed E-state index contributed by atoms with van der Waals surface area (Å²) in [4.78, 5) is 2.88. The fourth-order valence-electron chi connectivity index (χ4n) is 4.04. The highest BCUT2D eigenvalue weighted by Crippen LogP contribution is 2.28. The lowest BCUT2D eigenvalue weighted by molar-refractivity contribution is -1.01. The van der Waals surface area contributed by atoms with Crippen LogP contribution in [0.5, 0.6) is 0 Å². The normalized spacial score (nSPS) is 22.0. The number of rotatable bonds is 9. The highest BCUT2D eigenvalue weighted by molar-refractivity contribution is 5.35. The number of aliphatic hydroxyl groups is 2. The molecule has 0 radical (unpaired) electrons. The molecule has 0 aromatic heterocycles. The van der Waals surface area contributed by atoms with Gasteiger partial charge in [-0.3, -0.25) is 0 Å². The fourth-order valence-corrected chi connectivity index (χ4v) is 4.04. The van der Waals surface area contributed by atoms with Crippen molar-refractivity contribution in [3.05, 3.63) is 71.3 Å². The number of hydrogen-bond acceptors (Lipinski definition) is 3. The molecule has 3 rings (SSSR count). The van der Waals surface area contributed by atoms with Gasteiger partial charge < -0.3 is 24.7 Å². The summed E-state index contributed by atoms with van der Waals surface area (Å²) in [6.07, 6.45) is -0.650. The van der Waals surface area contributed by atoms with Gasteiger partial charge in [-0.05, 0) is 23.6 Å². The van der Waals surface area contributed by atoms with Gasteiger partial charge in [0.2, 0.25) is 0 Å². The molecule has 1 heterocycles. The quantitative estimate of drug-likeness (QED) is 0.458. The van der Waals surface area contributed by atoms with E-state index in [-0.39, 0.29) is 12.7 Å². The molecule has 0 aliphatic carbocycles. The van der Waals surface area contributed by atoms with Gasteiger partial charge in [-0.2, -0.15) is 0 Å². The van der Waals surface area contributed by atoms with Gasteiger partial charge in [0.05, 0.1) is 13.2 Å². The smallest absolute Gasteiger partial charge is 0.127 e. The third-order valence-corrected chi connectivity index (χ3v) is 5.68. The van der Waals surface area contributed by atoms with Gasteiger partial charge in [0.15, 0.2) is 0 Å². The largest absolute Gasteiger partial charge is 0.391 e. The van der Waals surface area contributed by atoms with Crippen LogP contribution in [0.4, 0.5) is 0 Å². The van der Waals surface area contributed by atoms with Crippen LogP contribution in [-0.2, 0) is 4.74 Å². The average Bonchev–Trinajstić information content (AvgIpc) is 2.72. The van der Waals surface area contributed by atoms with Crippen molar-refractivity contribution in [3.63, 3.8) is 0 Å². The number of nitrogens with one attached hydrogen (secondary N) is 2. The number of hydrogen-bond donors (Lipinski definition) is 4. The predicted octanol–water partition coefficient (Wildman–Crippen LogP) is -0.762. The average molecular weight is 387 g/mol. The van der Waals surface area contributed by atoms with E-state index in [9.17, 15) is 5.11 Å². The number of aryl methyl sites for hydroxylation is 1. The van der Waals surface area contributed by atoms with E-state index in [1.165, 1.54) is 15.4 Å². The Morgan fingerprint density at radius 1 is 0.929 bits per heavy atom. The van der Waals surface area contributed by atoms with Crippen LogP contribution in [0.15, 0.2) is 54.6 Å². The molecule has 2 atom stereocenters. The highest BCUT2D eigenvalue weighted by atomic mass is 16.5. The van der Waals surface area contributed by atoms with Crippen LogP contribution in [0, 0.1) is 6.92 Å². The molecule has 1 aliphatic rings. The molecule has 1 aliphatic heterocycles. The molecule has 4 N–H and O–H groups in total. The summed E-state index contributed by atoms with van der Waals surface area (Å²) in [6, 6.07) is 18.5.